The third-order valence-electron chi connectivity index (χ3n) is 3.62. The Morgan fingerprint density at radius 1 is 0.632 bits per heavy atom. The van der Waals surface area contributed by atoms with E-state index in [1.165, 1.54) is 20.9 Å². The standard InChI is InChI=1S/C17H20S2/c1-17(2,13-5-9-15(18-3)10-6-13)14-7-11-16(19-4)12-8-14/h5-12H,1-4H3. The summed E-state index contributed by atoms with van der Waals surface area (Å²) in [5.74, 6) is 0. The SMILES string of the molecule is CSc1ccc(C(C)(C)c2ccc(SC)cc2)cc1. The first-order valence-corrected chi connectivity index (χ1v) is 8.82. The number of rotatable bonds is 4. The third kappa shape index (κ3) is 3.18. The smallest absolute Gasteiger partial charge is 0.0146 e. The van der Waals surface area contributed by atoms with E-state index in [0.717, 1.165) is 0 Å². The highest BCUT2D eigenvalue weighted by molar-refractivity contribution is 7.98. The highest BCUT2D eigenvalue weighted by Crippen LogP contribution is 2.33. The van der Waals surface area contributed by atoms with Crippen molar-refractivity contribution in [2.24, 2.45) is 0 Å². The summed E-state index contributed by atoms with van der Waals surface area (Å²) >= 11 is 3.57. The van der Waals surface area contributed by atoms with E-state index in [1.807, 2.05) is 0 Å². The topological polar surface area (TPSA) is 0 Å². The molecule has 0 aliphatic rings. The lowest BCUT2D eigenvalue weighted by atomic mass is 9.78. The molecule has 2 aromatic carbocycles. The Kier molecular flexibility index (Phi) is 4.64. The minimum Gasteiger partial charge on any atom is -0.130 e. The number of thioether (sulfide) groups is 2. The van der Waals surface area contributed by atoms with E-state index in [2.05, 4.69) is 74.9 Å². The van der Waals surface area contributed by atoms with Gasteiger partial charge in [-0.05, 0) is 47.9 Å². The van der Waals surface area contributed by atoms with Crippen molar-refractivity contribution in [3.8, 4) is 0 Å². The van der Waals surface area contributed by atoms with Gasteiger partial charge >= 0.3 is 0 Å². The van der Waals surface area contributed by atoms with Gasteiger partial charge in [-0.15, -0.1) is 23.5 Å². The largest absolute Gasteiger partial charge is 0.130 e. The normalized spacial score (nSPS) is 11.6. The maximum absolute atomic E-state index is 2.29. The van der Waals surface area contributed by atoms with Crippen molar-refractivity contribution < 1.29 is 0 Å². The average molecular weight is 288 g/mol. The van der Waals surface area contributed by atoms with Crippen molar-refractivity contribution in [2.75, 3.05) is 12.5 Å². The van der Waals surface area contributed by atoms with Gasteiger partial charge in [0.25, 0.3) is 0 Å². The average Bonchev–Trinajstić information content (AvgIpc) is 2.47. The predicted octanol–water partition coefficient (Wildman–Crippen LogP) is 5.46. The summed E-state index contributed by atoms with van der Waals surface area (Å²) in [5.41, 5.74) is 2.78. The molecule has 2 heteroatoms. The van der Waals surface area contributed by atoms with Crippen molar-refractivity contribution in [2.45, 2.75) is 29.1 Å². The Balaban J connectivity index is 2.33. The number of hydrogen-bond donors (Lipinski definition) is 0. The van der Waals surface area contributed by atoms with Crippen LogP contribution >= 0.6 is 23.5 Å². The Labute approximate surface area is 125 Å². The van der Waals surface area contributed by atoms with Gasteiger partial charge in [-0.1, -0.05) is 38.1 Å². The van der Waals surface area contributed by atoms with Crippen LogP contribution in [0.5, 0.6) is 0 Å². The Morgan fingerprint density at radius 3 is 1.21 bits per heavy atom. The van der Waals surface area contributed by atoms with E-state index >= 15 is 0 Å². The molecule has 0 bridgehead atoms. The molecule has 0 fully saturated rings. The summed E-state index contributed by atoms with van der Waals surface area (Å²) in [6.07, 6.45) is 4.22. The van der Waals surface area contributed by atoms with Gasteiger partial charge < -0.3 is 0 Å². The monoisotopic (exact) mass is 288 g/mol. The van der Waals surface area contributed by atoms with Crippen LogP contribution in [-0.2, 0) is 5.41 Å². The van der Waals surface area contributed by atoms with Crippen LogP contribution in [0.15, 0.2) is 58.3 Å². The fraction of sp³-hybridized carbons (Fsp3) is 0.294. The second kappa shape index (κ2) is 6.06. The van der Waals surface area contributed by atoms with Crippen molar-refractivity contribution >= 4 is 23.5 Å². The minimum atomic E-state index is 0.0495. The molecule has 0 nitrogen and oxygen atoms in total. The highest BCUT2D eigenvalue weighted by Gasteiger charge is 2.22. The molecule has 2 rings (SSSR count). The van der Waals surface area contributed by atoms with Crippen molar-refractivity contribution in [1.29, 1.82) is 0 Å². The molecule has 0 radical (unpaired) electrons. The molecule has 2 aromatic rings. The van der Waals surface area contributed by atoms with E-state index in [1.54, 1.807) is 23.5 Å². The maximum Gasteiger partial charge on any atom is 0.0146 e. The van der Waals surface area contributed by atoms with Crippen LogP contribution in [0.25, 0.3) is 0 Å². The molecule has 0 saturated carbocycles. The molecule has 0 atom stereocenters. The predicted molar refractivity (Wildman–Crippen MR) is 88.6 cm³/mol. The Hall–Kier alpha value is -0.860. The maximum atomic E-state index is 2.29. The van der Waals surface area contributed by atoms with Crippen LogP contribution in [0, 0.1) is 0 Å². The quantitative estimate of drug-likeness (QED) is 0.685. The lowest BCUT2D eigenvalue weighted by Gasteiger charge is -2.26. The molecule has 19 heavy (non-hydrogen) atoms. The van der Waals surface area contributed by atoms with Gasteiger partial charge in [0.2, 0.25) is 0 Å². The molecule has 0 unspecified atom stereocenters. The van der Waals surface area contributed by atoms with Gasteiger partial charge in [-0.2, -0.15) is 0 Å². The fourth-order valence-corrected chi connectivity index (χ4v) is 3.00. The van der Waals surface area contributed by atoms with Gasteiger partial charge in [0, 0.05) is 15.2 Å². The highest BCUT2D eigenvalue weighted by atomic mass is 32.2. The molecule has 0 aromatic heterocycles. The lowest BCUT2D eigenvalue weighted by Crippen LogP contribution is -2.18. The van der Waals surface area contributed by atoms with Crippen molar-refractivity contribution in [1.82, 2.24) is 0 Å². The molecule has 0 N–H and O–H groups in total. The van der Waals surface area contributed by atoms with Gasteiger partial charge in [-0.3, -0.25) is 0 Å². The second-order valence-corrected chi connectivity index (χ2v) is 6.84. The summed E-state index contributed by atoms with van der Waals surface area (Å²) < 4.78 is 0. The number of benzene rings is 2. The molecular formula is C17H20S2. The first kappa shape index (κ1) is 14.5. The third-order valence-corrected chi connectivity index (χ3v) is 5.11. The van der Waals surface area contributed by atoms with Gasteiger partial charge in [0.1, 0.15) is 0 Å². The molecular weight excluding hydrogens is 268 g/mol. The minimum absolute atomic E-state index is 0.0495. The van der Waals surface area contributed by atoms with E-state index in [0.29, 0.717) is 0 Å². The Bertz CT molecular complexity index is 475. The fourth-order valence-electron chi connectivity index (χ4n) is 2.18. The van der Waals surface area contributed by atoms with Crippen LogP contribution in [0.4, 0.5) is 0 Å². The van der Waals surface area contributed by atoms with Gasteiger partial charge in [0.15, 0.2) is 0 Å². The van der Waals surface area contributed by atoms with Crippen LogP contribution in [0.3, 0.4) is 0 Å². The first-order chi connectivity index (χ1) is 9.07. The molecule has 0 amide bonds. The van der Waals surface area contributed by atoms with Crippen LogP contribution in [0.1, 0.15) is 25.0 Å². The molecule has 0 saturated heterocycles. The van der Waals surface area contributed by atoms with Gasteiger partial charge in [-0.25, -0.2) is 0 Å². The molecule has 0 aliphatic carbocycles. The summed E-state index contributed by atoms with van der Waals surface area (Å²) in [6, 6.07) is 17.8. The van der Waals surface area contributed by atoms with E-state index < -0.39 is 0 Å². The zero-order valence-corrected chi connectivity index (χ0v) is 13.6. The summed E-state index contributed by atoms with van der Waals surface area (Å²) in [6.45, 7) is 4.57. The van der Waals surface area contributed by atoms with Crippen molar-refractivity contribution in [3.05, 3.63) is 59.7 Å². The summed E-state index contributed by atoms with van der Waals surface area (Å²) in [5, 5.41) is 0. The summed E-state index contributed by atoms with van der Waals surface area (Å²) in [7, 11) is 0. The first-order valence-electron chi connectivity index (χ1n) is 6.37. The molecule has 0 heterocycles. The molecule has 0 spiro atoms. The number of hydrogen-bond acceptors (Lipinski definition) is 2. The molecule has 0 aliphatic heterocycles. The summed E-state index contributed by atoms with van der Waals surface area (Å²) in [4.78, 5) is 2.63. The van der Waals surface area contributed by atoms with Crippen molar-refractivity contribution in [3.63, 3.8) is 0 Å². The van der Waals surface area contributed by atoms with E-state index in [4.69, 9.17) is 0 Å². The van der Waals surface area contributed by atoms with E-state index in [9.17, 15) is 0 Å². The zero-order chi connectivity index (χ0) is 13.9. The lowest BCUT2D eigenvalue weighted by molar-refractivity contribution is 0.639. The second-order valence-electron chi connectivity index (χ2n) is 5.08. The molecule has 100 valence electrons. The van der Waals surface area contributed by atoms with Crippen LogP contribution < -0.4 is 0 Å². The zero-order valence-electron chi connectivity index (χ0n) is 11.9. The van der Waals surface area contributed by atoms with Crippen LogP contribution in [0.2, 0.25) is 0 Å². The van der Waals surface area contributed by atoms with E-state index in [-0.39, 0.29) is 5.41 Å². The van der Waals surface area contributed by atoms with Crippen LogP contribution in [-0.4, -0.2) is 12.5 Å². The van der Waals surface area contributed by atoms with Gasteiger partial charge in [0.05, 0.1) is 0 Å². The Morgan fingerprint density at radius 2 is 0.947 bits per heavy atom.